The van der Waals surface area contributed by atoms with Crippen LogP contribution in [0.1, 0.15) is 91.4 Å². The zero-order chi connectivity index (χ0) is 23.8. The lowest BCUT2D eigenvalue weighted by Crippen LogP contribution is -2.55. The molecule has 9 atom stereocenters. The molecule has 0 saturated heterocycles. The first-order valence-corrected chi connectivity index (χ1v) is 14.1. The van der Waals surface area contributed by atoms with Crippen LogP contribution in [0, 0.1) is 46.3 Å². The Bertz CT molecular complexity index is 681. The topological polar surface area (TPSA) is 41.6 Å². The van der Waals surface area contributed by atoms with Crippen LogP contribution in [0.25, 0.3) is 0 Å². The number of hydrogen-bond acceptors (Lipinski definition) is 4. The lowest BCUT2D eigenvalue weighted by Gasteiger charge is -2.61. The van der Waals surface area contributed by atoms with Crippen LogP contribution in [-0.4, -0.2) is 51.2 Å². The van der Waals surface area contributed by atoms with E-state index in [1.807, 2.05) is 0 Å². The van der Waals surface area contributed by atoms with Gasteiger partial charge in [0.25, 0.3) is 0 Å². The van der Waals surface area contributed by atoms with Crippen molar-refractivity contribution in [3.05, 3.63) is 0 Å². The van der Waals surface area contributed by atoms with Gasteiger partial charge in [0.05, 0.1) is 7.11 Å². The number of methoxy groups -OCH3 is 1. The van der Waals surface area contributed by atoms with Gasteiger partial charge in [-0.15, -0.1) is 0 Å². The number of carbonyl (C=O) groups excluding carboxylic acids is 1. The minimum absolute atomic E-state index is 0.0386. The van der Waals surface area contributed by atoms with Crippen LogP contribution in [-0.2, 0) is 9.53 Å². The third kappa shape index (κ3) is 4.90. The summed E-state index contributed by atoms with van der Waals surface area (Å²) in [6, 6.07) is 0.736. The molecule has 1 N–H and O–H groups in total. The molecule has 4 saturated carbocycles. The van der Waals surface area contributed by atoms with E-state index >= 15 is 0 Å². The van der Waals surface area contributed by atoms with Crippen LogP contribution in [0.15, 0.2) is 0 Å². The van der Waals surface area contributed by atoms with Crippen molar-refractivity contribution in [3.63, 3.8) is 0 Å². The molecule has 0 aromatic rings. The molecule has 0 aromatic carbocycles. The van der Waals surface area contributed by atoms with Crippen molar-refractivity contribution in [2.45, 2.75) is 97.4 Å². The number of hydrogen-bond donors (Lipinski definition) is 1. The maximum absolute atomic E-state index is 11.7. The number of nitrogens with zero attached hydrogens (tertiary/aromatic N) is 1. The first kappa shape index (κ1) is 25.5. The van der Waals surface area contributed by atoms with Gasteiger partial charge in [-0.25, -0.2) is 0 Å². The minimum atomic E-state index is -0.0386. The number of rotatable bonds is 8. The summed E-state index contributed by atoms with van der Waals surface area (Å²) >= 11 is 0. The maximum atomic E-state index is 11.7. The average molecular weight is 461 g/mol. The Labute approximate surface area is 204 Å². The monoisotopic (exact) mass is 460 g/mol. The Kier molecular flexibility index (Phi) is 7.85. The van der Waals surface area contributed by atoms with E-state index < -0.39 is 0 Å². The third-order valence-electron chi connectivity index (χ3n) is 11.4. The van der Waals surface area contributed by atoms with Crippen LogP contribution in [0.3, 0.4) is 0 Å². The molecule has 0 bridgehead atoms. The summed E-state index contributed by atoms with van der Waals surface area (Å²) < 4.78 is 4.92. The lowest BCUT2D eigenvalue weighted by molar-refractivity contribution is -0.141. The van der Waals surface area contributed by atoms with Gasteiger partial charge < -0.3 is 15.0 Å². The minimum Gasteiger partial charge on any atom is -0.469 e. The molecule has 0 aromatic heterocycles. The molecular weight excluding hydrogens is 408 g/mol. The zero-order valence-corrected chi connectivity index (χ0v) is 22.5. The van der Waals surface area contributed by atoms with Gasteiger partial charge in [-0.3, -0.25) is 4.79 Å². The second-order valence-corrected chi connectivity index (χ2v) is 13.2. The van der Waals surface area contributed by atoms with E-state index in [1.165, 1.54) is 64.9 Å². The van der Waals surface area contributed by atoms with Gasteiger partial charge in [-0.05, 0) is 125 Å². The molecule has 0 spiro atoms. The summed E-state index contributed by atoms with van der Waals surface area (Å²) in [7, 11) is 5.86. The normalized spacial score (nSPS) is 43.5. The van der Waals surface area contributed by atoms with Crippen LogP contribution in [0.4, 0.5) is 0 Å². The van der Waals surface area contributed by atoms with E-state index in [1.54, 1.807) is 0 Å². The molecule has 33 heavy (non-hydrogen) atoms. The Hall–Kier alpha value is -0.610. The van der Waals surface area contributed by atoms with Crippen LogP contribution < -0.4 is 5.32 Å². The van der Waals surface area contributed by atoms with Crippen molar-refractivity contribution < 1.29 is 9.53 Å². The van der Waals surface area contributed by atoms with E-state index in [-0.39, 0.29) is 5.97 Å². The maximum Gasteiger partial charge on any atom is 0.305 e. The Balaban J connectivity index is 1.39. The van der Waals surface area contributed by atoms with Gasteiger partial charge in [0.2, 0.25) is 0 Å². The summed E-state index contributed by atoms with van der Waals surface area (Å²) in [5.41, 5.74) is 1.06. The molecule has 0 radical (unpaired) electrons. The number of fused-ring (bicyclic) bond motifs is 5. The standard InChI is InChI=1S/C29H52N2O2/c1-20(7-12-27(32)33-6)24-10-11-25-23-9-8-21-19-22(30-17-18-31(4)5)13-15-28(21,2)26(23)14-16-29(24,25)3/h20-26,30H,7-19H2,1-6H3/t20-,21-,22-,23?,24-,25?,26?,28+,29-/m1/s1. The van der Waals surface area contributed by atoms with Gasteiger partial charge in [0.15, 0.2) is 0 Å². The summed E-state index contributed by atoms with van der Waals surface area (Å²) in [5, 5.41) is 3.89. The van der Waals surface area contributed by atoms with E-state index in [9.17, 15) is 4.79 Å². The molecule has 190 valence electrons. The van der Waals surface area contributed by atoms with E-state index in [0.717, 1.165) is 55.1 Å². The zero-order valence-electron chi connectivity index (χ0n) is 22.5. The van der Waals surface area contributed by atoms with Crippen molar-refractivity contribution in [1.29, 1.82) is 0 Å². The summed E-state index contributed by atoms with van der Waals surface area (Å²) in [4.78, 5) is 14.0. The Morgan fingerprint density at radius 3 is 2.48 bits per heavy atom. The molecule has 4 fully saturated rings. The molecule has 0 amide bonds. The van der Waals surface area contributed by atoms with Gasteiger partial charge in [0.1, 0.15) is 0 Å². The van der Waals surface area contributed by atoms with Gasteiger partial charge in [-0.1, -0.05) is 20.8 Å². The summed E-state index contributed by atoms with van der Waals surface area (Å²) in [5.74, 6) is 5.10. The highest BCUT2D eigenvalue weighted by molar-refractivity contribution is 5.69. The van der Waals surface area contributed by atoms with E-state index in [0.29, 0.717) is 23.2 Å². The highest BCUT2D eigenvalue weighted by Gasteiger charge is 2.60. The quantitative estimate of drug-likeness (QED) is 0.468. The molecule has 4 aliphatic rings. The van der Waals surface area contributed by atoms with Crippen molar-refractivity contribution in [2.24, 2.45) is 46.3 Å². The number of esters is 1. The average Bonchev–Trinajstić information content (AvgIpc) is 3.14. The molecule has 0 aliphatic heterocycles. The molecular formula is C29H52N2O2. The van der Waals surface area contributed by atoms with Crippen molar-refractivity contribution in [2.75, 3.05) is 34.3 Å². The number of ether oxygens (including phenoxy) is 1. The molecule has 4 nitrogen and oxygen atoms in total. The summed E-state index contributed by atoms with van der Waals surface area (Å²) in [6.07, 6.45) is 14.4. The SMILES string of the molecule is COC(=O)CC[C@@H](C)[C@H]1CCC2C3CC[C@@H]4C[C@H](NCCN(C)C)CC[C@]4(C)C3CC[C@@]21C. The molecule has 4 aliphatic carbocycles. The second-order valence-electron chi connectivity index (χ2n) is 13.2. The van der Waals surface area contributed by atoms with Crippen molar-refractivity contribution in [1.82, 2.24) is 10.2 Å². The molecule has 4 rings (SSSR count). The largest absolute Gasteiger partial charge is 0.469 e. The fourth-order valence-corrected chi connectivity index (χ4v) is 9.56. The Morgan fingerprint density at radius 1 is 1.03 bits per heavy atom. The Morgan fingerprint density at radius 2 is 1.76 bits per heavy atom. The van der Waals surface area contributed by atoms with E-state index in [2.05, 4.69) is 45.1 Å². The van der Waals surface area contributed by atoms with Crippen molar-refractivity contribution >= 4 is 5.97 Å². The first-order valence-electron chi connectivity index (χ1n) is 14.1. The predicted molar refractivity (Wildman–Crippen MR) is 136 cm³/mol. The summed E-state index contributed by atoms with van der Waals surface area (Å²) in [6.45, 7) is 10.0. The fourth-order valence-electron chi connectivity index (χ4n) is 9.56. The predicted octanol–water partition coefficient (Wildman–Crippen LogP) is 5.75. The van der Waals surface area contributed by atoms with Gasteiger partial charge >= 0.3 is 5.97 Å². The molecule has 0 heterocycles. The van der Waals surface area contributed by atoms with E-state index in [4.69, 9.17) is 4.74 Å². The van der Waals surface area contributed by atoms with Gasteiger partial charge in [-0.2, -0.15) is 0 Å². The second kappa shape index (κ2) is 10.2. The number of likely N-dealkylation sites (N-methyl/N-ethyl adjacent to an activating group) is 1. The van der Waals surface area contributed by atoms with Gasteiger partial charge in [0, 0.05) is 25.6 Å². The van der Waals surface area contributed by atoms with Crippen LogP contribution >= 0.6 is 0 Å². The fraction of sp³-hybridized carbons (Fsp3) is 0.966. The number of carbonyl (C=O) groups is 1. The highest BCUT2D eigenvalue weighted by atomic mass is 16.5. The van der Waals surface area contributed by atoms with Crippen LogP contribution in [0.2, 0.25) is 0 Å². The van der Waals surface area contributed by atoms with Crippen molar-refractivity contribution in [3.8, 4) is 0 Å². The smallest absolute Gasteiger partial charge is 0.305 e. The molecule has 4 heteroatoms. The molecule has 3 unspecified atom stereocenters. The lowest BCUT2D eigenvalue weighted by atomic mass is 9.44. The third-order valence-corrected chi connectivity index (χ3v) is 11.4. The highest BCUT2D eigenvalue weighted by Crippen LogP contribution is 2.68. The van der Waals surface area contributed by atoms with Crippen LogP contribution in [0.5, 0.6) is 0 Å². The number of nitrogens with one attached hydrogen (secondary N) is 1. The first-order chi connectivity index (χ1) is 15.7.